The fraction of sp³-hybridized carbons (Fsp3) is 0.300. The number of nitrogens with one attached hydrogen (secondary N) is 2. The summed E-state index contributed by atoms with van der Waals surface area (Å²) in [6.45, 7) is 0.868. The molecule has 2 aromatic rings. The van der Waals surface area contributed by atoms with E-state index in [9.17, 15) is 9.59 Å². The van der Waals surface area contributed by atoms with Crippen LogP contribution in [0, 0.1) is 0 Å². The van der Waals surface area contributed by atoms with Crippen LogP contribution in [0.5, 0.6) is 0 Å². The predicted molar refractivity (Wildman–Crippen MR) is 103 cm³/mol. The molecular formula is C20H26N4O2. The molecule has 0 saturated carbocycles. The minimum atomic E-state index is -0.481. The normalized spacial score (nSPS) is 11.8. The van der Waals surface area contributed by atoms with E-state index in [0.29, 0.717) is 18.7 Å². The highest BCUT2D eigenvalue weighted by atomic mass is 16.2. The van der Waals surface area contributed by atoms with E-state index in [4.69, 9.17) is 5.73 Å². The highest BCUT2D eigenvalue weighted by Crippen LogP contribution is 2.06. The first-order chi connectivity index (χ1) is 12.5. The van der Waals surface area contributed by atoms with Gasteiger partial charge in [-0.3, -0.25) is 4.79 Å². The molecule has 26 heavy (non-hydrogen) atoms. The average Bonchev–Trinajstić information content (AvgIpc) is 2.64. The first kappa shape index (κ1) is 19.5. The Morgan fingerprint density at radius 1 is 1.00 bits per heavy atom. The lowest BCUT2D eigenvalue weighted by molar-refractivity contribution is 0.1000. The minimum absolute atomic E-state index is 0.196. The number of benzene rings is 2. The van der Waals surface area contributed by atoms with Gasteiger partial charge in [0, 0.05) is 24.7 Å². The van der Waals surface area contributed by atoms with Gasteiger partial charge in [-0.05, 0) is 43.8 Å². The molecule has 2 aromatic carbocycles. The lowest BCUT2D eigenvalue weighted by Gasteiger charge is -2.25. The molecule has 0 bridgehead atoms. The highest BCUT2D eigenvalue weighted by Gasteiger charge is 2.13. The van der Waals surface area contributed by atoms with Gasteiger partial charge < -0.3 is 21.3 Å². The molecule has 4 N–H and O–H groups in total. The van der Waals surface area contributed by atoms with Crippen molar-refractivity contribution in [2.24, 2.45) is 5.73 Å². The maximum atomic E-state index is 12.1. The topological polar surface area (TPSA) is 87.5 Å². The van der Waals surface area contributed by atoms with E-state index in [1.165, 1.54) is 5.56 Å². The van der Waals surface area contributed by atoms with Crippen molar-refractivity contribution in [3.8, 4) is 0 Å². The summed E-state index contributed by atoms with van der Waals surface area (Å²) in [6, 6.07) is 17.1. The van der Waals surface area contributed by atoms with Crippen molar-refractivity contribution in [1.82, 2.24) is 15.5 Å². The number of likely N-dealkylation sites (N-methyl/N-ethyl adjacent to an activating group) is 1. The average molecular weight is 354 g/mol. The Balaban J connectivity index is 1.82. The van der Waals surface area contributed by atoms with E-state index in [1.807, 2.05) is 38.4 Å². The zero-order valence-corrected chi connectivity index (χ0v) is 15.2. The van der Waals surface area contributed by atoms with Crippen LogP contribution < -0.4 is 16.4 Å². The van der Waals surface area contributed by atoms with Crippen molar-refractivity contribution in [2.75, 3.05) is 20.6 Å². The van der Waals surface area contributed by atoms with Gasteiger partial charge in [-0.2, -0.15) is 0 Å². The van der Waals surface area contributed by atoms with E-state index in [0.717, 1.165) is 12.0 Å². The Morgan fingerprint density at radius 3 is 2.35 bits per heavy atom. The molecule has 0 aromatic heterocycles. The summed E-state index contributed by atoms with van der Waals surface area (Å²) in [5.41, 5.74) is 7.76. The molecule has 0 aliphatic carbocycles. The van der Waals surface area contributed by atoms with Crippen LogP contribution in [-0.4, -0.2) is 43.5 Å². The SMILES string of the molecule is CN(C)C(CNC(=O)NCc1cccc(C(N)=O)c1)Cc1ccccc1. The van der Waals surface area contributed by atoms with E-state index < -0.39 is 5.91 Å². The molecule has 6 heteroatoms. The molecule has 0 fully saturated rings. The van der Waals surface area contributed by atoms with E-state index >= 15 is 0 Å². The Morgan fingerprint density at radius 2 is 1.69 bits per heavy atom. The smallest absolute Gasteiger partial charge is 0.315 e. The number of nitrogens with zero attached hydrogens (tertiary/aromatic N) is 1. The minimum Gasteiger partial charge on any atom is -0.366 e. The Kier molecular flexibility index (Phi) is 7.17. The lowest BCUT2D eigenvalue weighted by atomic mass is 10.1. The van der Waals surface area contributed by atoms with Crippen LogP contribution in [0.1, 0.15) is 21.5 Å². The molecule has 0 radical (unpaired) electrons. The Bertz CT molecular complexity index is 732. The Labute approximate surface area is 154 Å². The summed E-state index contributed by atoms with van der Waals surface area (Å²) in [7, 11) is 4.00. The summed E-state index contributed by atoms with van der Waals surface area (Å²) in [5.74, 6) is -0.481. The second-order valence-electron chi connectivity index (χ2n) is 6.44. The van der Waals surface area contributed by atoms with Gasteiger partial charge in [0.1, 0.15) is 0 Å². The summed E-state index contributed by atoms with van der Waals surface area (Å²) in [4.78, 5) is 25.4. The van der Waals surface area contributed by atoms with Gasteiger partial charge in [-0.15, -0.1) is 0 Å². The van der Waals surface area contributed by atoms with Crippen LogP contribution in [0.4, 0.5) is 4.79 Å². The fourth-order valence-electron chi connectivity index (χ4n) is 2.61. The number of carbonyl (C=O) groups is 2. The molecule has 1 unspecified atom stereocenters. The van der Waals surface area contributed by atoms with Crippen LogP contribution in [-0.2, 0) is 13.0 Å². The zero-order valence-electron chi connectivity index (χ0n) is 15.2. The number of rotatable bonds is 8. The van der Waals surface area contributed by atoms with E-state index in [2.05, 4.69) is 27.7 Å². The molecule has 0 saturated heterocycles. The number of hydrogen-bond donors (Lipinski definition) is 3. The lowest BCUT2D eigenvalue weighted by Crippen LogP contribution is -2.44. The zero-order chi connectivity index (χ0) is 18.9. The van der Waals surface area contributed by atoms with Crippen LogP contribution in [0.3, 0.4) is 0 Å². The standard InChI is InChI=1S/C20H26N4O2/c1-24(2)18(12-15-7-4-3-5-8-15)14-23-20(26)22-13-16-9-6-10-17(11-16)19(21)25/h3-11,18H,12-14H2,1-2H3,(H2,21,25)(H2,22,23,26). The van der Waals surface area contributed by atoms with E-state index in [1.54, 1.807) is 18.2 Å². The number of nitrogens with two attached hydrogens (primary N) is 1. The van der Waals surface area contributed by atoms with Crippen LogP contribution in [0.25, 0.3) is 0 Å². The molecule has 6 nitrogen and oxygen atoms in total. The van der Waals surface area contributed by atoms with Gasteiger partial charge in [0.2, 0.25) is 5.91 Å². The van der Waals surface area contributed by atoms with Crippen molar-refractivity contribution in [3.63, 3.8) is 0 Å². The fourth-order valence-corrected chi connectivity index (χ4v) is 2.61. The van der Waals surface area contributed by atoms with Crippen molar-refractivity contribution in [3.05, 3.63) is 71.3 Å². The molecular weight excluding hydrogens is 328 g/mol. The number of hydrogen-bond acceptors (Lipinski definition) is 3. The third-order valence-corrected chi connectivity index (χ3v) is 4.21. The van der Waals surface area contributed by atoms with Gasteiger partial charge in [-0.25, -0.2) is 4.79 Å². The van der Waals surface area contributed by atoms with Crippen molar-refractivity contribution < 1.29 is 9.59 Å². The third-order valence-electron chi connectivity index (χ3n) is 4.21. The number of amides is 3. The Hall–Kier alpha value is -2.86. The summed E-state index contributed by atoms with van der Waals surface area (Å²) < 4.78 is 0. The third kappa shape index (κ3) is 6.22. The van der Waals surface area contributed by atoms with Gasteiger partial charge in [0.15, 0.2) is 0 Å². The largest absolute Gasteiger partial charge is 0.366 e. The maximum Gasteiger partial charge on any atom is 0.315 e. The van der Waals surface area contributed by atoms with Gasteiger partial charge in [-0.1, -0.05) is 42.5 Å². The molecule has 0 aliphatic heterocycles. The molecule has 0 heterocycles. The van der Waals surface area contributed by atoms with Gasteiger partial charge in [0.05, 0.1) is 0 Å². The van der Waals surface area contributed by atoms with Crippen LogP contribution in [0.15, 0.2) is 54.6 Å². The number of primary amides is 1. The quantitative estimate of drug-likeness (QED) is 0.675. The molecule has 2 rings (SSSR count). The predicted octanol–water partition coefficient (Wildman–Crippen LogP) is 1.76. The second-order valence-corrected chi connectivity index (χ2v) is 6.44. The monoisotopic (exact) mass is 354 g/mol. The van der Waals surface area contributed by atoms with Gasteiger partial charge >= 0.3 is 6.03 Å². The van der Waals surface area contributed by atoms with Crippen molar-refractivity contribution >= 4 is 11.9 Å². The molecule has 1 atom stereocenters. The molecule has 138 valence electrons. The highest BCUT2D eigenvalue weighted by molar-refractivity contribution is 5.92. The van der Waals surface area contributed by atoms with Gasteiger partial charge in [0.25, 0.3) is 0 Å². The van der Waals surface area contributed by atoms with Crippen LogP contribution >= 0.6 is 0 Å². The second kappa shape index (κ2) is 9.58. The maximum absolute atomic E-state index is 12.1. The molecule has 0 aliphatic rings. The summed E-state index contributed by atoms with van der Waals surface area (Å²) in [5, 5.41) is 5.71. The summed E-state index contributed by atoms with van der Waals surface area (Å²) >= 11 is 0. The van der Waals surface area contributed by atoms with Crippen molar-refractivity contribution in [1.29, 1.82) is 0 Å². The first-order valence-electron chi connectivity index (χ1n) is 8.56. The van der Waals surface area contributed by atoms with E-state index in [-0.39, 0.29) is 12.1 Å². The molecule has 0 spiro atoms. The summed E-state index contributed by atoms with van der Waals surface area (Å²) in [6.07, 6.45) is 0.856. The number of carbonyl (C=O) groups excluding carboxylic acids is 2. The molecule has 3 amide bonds. The number of urea groups is 1. The van der Waals surface area contributed by atoms with Crippen LogP contribution in [0.2, 0.25) is 0 Å². The van der Waals surface area contributed by atoms with Crippen molar-refractivity contribution in [2.45, 2.75) is 19.0 Å². The first-order valence-corrected chi connectivity index (χ1v) is 8.56.